The third-order valence-electron chi connectivity index (χ3n) is 5.15. The van der Waals surface area contributed by atoms with Crippen LogP contribution in [0.5, 0.6) is 0 Å². The number of carbonyl (C=O) groups excluding carboxylic acids is 1. The molecule has 0 heterocycles. The summed E-state index contributed by atoms with van der Waals surface area (Å²) in [6.45, 7) is 2.17. The standard InChI is InChI=1S/C16H28N2O3/c1-12-8-4-2-5-9-13(12)17-15(21)18-16(14(19)20)10-6-3-7-11-16/h12-13H,2-11H2,1H3,(H,19,20)(H2,17,18,21). The van der Waals surface area contributed by atoms with E-state index in [0.717, 1.165) is 38.5 Å². The van der Waals surface area contributed by atoms with Gasteiger partial charge in [-0.3, -0.25) is 0 Å². The molecular formula is C16H28N2O3. The van der Waals surface area contributed by atoms with Crippen molar-refractivity contribution in [3.8, 4) is 0 Å². The molecule has 0 aromatic carbocycles. The number of rotatable bonds is 3. The van der Waals surface area contributed by atoms with Crippen molar-refractivity contribution in [2.24, 2.45) is 5.92 Å². The molecule has 2 atom stereocenters. The van der Waals surface area contributed by atoms with Gasteiger partial charge in [0.05, 0.1) is 0 Å². The van der Waals surface area contributed by atoms with Crippen molar-refractivity contribution >= 4 is 12.0 Å². The Labute approximate surface area is 126 Å². The number of hydrogen-bond donors (Lipinski definition) is 3. The number of urea groups is 1. The maximum Gasteiger partial charge on any atom is 0.329 e. The number of aliphatic carboxylic acids is 1. The van der Waals surface area contributed by atoms with E-state index in [1.54, 1.807) is 0 Å². The highest BCUT2D eigenvalue weighted by atomic mass is 16.4. The number of carbonyl (C=O) groups is 2. The zero-order valence-electron chi connectivity index (χ0n) is 13.0. The molecule has 3 N–H and O–H groups in total. The summed E-state index contributed by atoms with van der Waals surface area (Å²) in [5.41, 5.74) is -1.06. The molecule has 2 unspecified atom stereocenters. The Kier molecular flexibility index (Phi) is 5.48. The molecule has 2 aliphatic rings. The maximum atomic E-state index is 12.3. The SMILES string of the molecule is CC1CCCCCC1NC(=O)NC1(C(=O)O)CCCCC1. The minimum absolute atomic E-state index is 0.168. The Morgan fingerprint density at radius 2 is 1.62 bits per heavy atom. The number of nitrogens with one attached hydrogen (secondary N) is 2. The molecular weight excluding hydrogens is 268 g/mol. The fourth-order valence-corrected chi connectivity index (χ4v) is 3.68. The van der Waals surface area contributed by atoms with Gasteiger partial charge in [0.25, 0.3) is 0 Å². The summed E-state index contributed by atoms with van der Waals surface area (Å²) in [7, 11) is 0. The Morgan fingerprint density at radius 1 is 1.00 bits per heavy atom. The van der Waals surface area contributed by atoms with Crippen molar-refractivity contribution < 1.29 is 14.7 Å². The highest BCUT2D eigenvalue weighted by Crippen LogP contribution is 2.29. The van der Waals surface area contributed by atoms with Crippen molar-refractivity contribution in [1.82, 2.24) is 10.6 Å². The summed E-state index contributed by atoms with van der Waals surface area (Å²) >= 11 is 0. The summed E-state index contributed by atoms with van der Waals surface area (Å²) < 4.78 is 0. The van der Waals surface area contributed by atoms with E-state index in [9.17, 15) is 14.7 Å². The molecule has 120 valence electrons. The van der Waals surface area contributed by atoms with Crippen molar-refractivity contribution in [2.75, 3.05) is 0 Å². The van der Waals surface area contributed by atoms with Gasteiger partial charge in [0.1, 0.15) is 5.54 Å². The minimum atomic E-state index is -1.06. The van der Waals surface area contributed by atoms with Crippen LogP contribution in [0.2, 0.25) is 0 Å². The second-order valence-electron chi connectivity index (χ2n) is 6.77. The topological polar surface area (TPSA) is 78.4 Å². The third kappa shape index (κ3) is 4.11. The molecule has 21 heavy (non-hydrogen) atoms. The molecule has 2 aliphatic carbocycles. The first-order valence-corrected chi connectivity index (χ1v) is 8.35. The van der Waals surface area contributed by atoms with E-state index >= 15 is 0 Å². The Hall–Kier alpha value is -1.26. The predicted molar refractivity (Wildman–Crippen MR) is 81.2 cm³/mol. The fraction of sp³-hybridized carbons (Fsp3) is 0.875. The van der Waals surface area contributed by atoms with Crippen LogP contribution in [0.25, 0.3) is 0 Å². The maximum absolute atomic E-state index is 12.3. The Bertz CT molecular complexity index is 378. The minimum Gasteiger partial charge on any atom is -0.480 e. The van der Waals surface area contributed by atoms with E-state index in [1.807, 2.05) is 0 Å². The smallest absolute Gasteiger partial charge is 0.329 e. The second-order valence-corrected chi connectivity index (χ2v) is 6.77. The van der Waals surface area contributed by atoms with E-state index in [-0.39, 0.29) is 12.1 Å². The summed E-state index contributed by atoms with van der Waals surface area (Å²) in [5, 5.41) is 15.3. The molecule has 0 saturated heterocycles. The first-order chi connectivity index (χ1) is 10.0. The van der Waals surface area contributed by atoms with Crippen LogP contribution in [0.15, 0.2) is 0 Å². The number of amides is 2. The first kappa shape index (κ1) is 16.1. The van der Waals surface area contributed by atoms with Crippen LogP contribution in [-0.4, -0.2) is 28.7 Å². The van der Waals surface area contributed by atoms with Gasteiger partial charge in [0.15, 0.2) is 0 Å². The van der Waals surface area contributed by atoms with Gasteiger partial charge in [-0.15, -0.1) is 0 Å². The first-order valence-electron chi connectivity index (χ1n) is 8.35. The van der Waals surface area contributed by atoms with Crippen molar-refractivity contribution in [2.45, 2.75) is 82.7 Å². The van der Waals surface area contributed by atoms with Gasteiger partial charge in [-0.1, -0.05) is 45.4 Å². The zero-order chi connectivity index (χ0) is 15.3. The van der Waals surface area contributed by atoms with Crippen LogP contribution in [-0.2, 0) is 4.79 Å². The molecule has 0 radical (unpaired) electrons. The molecule has 0 spiro atoms. The van der Waals surface area contributed by atoms with E-state index in [1.165, 1.54) is 12.8 Å². The summed E-state index contributed by atoms with van der Waals surface area (Å²) in [4.78, 5) is 23.8. The summed E-state index contributed by atoms with van der Waals surface area (Å²) in [6, 6.07) is -0.139. The molecule has 2 fully saturated rings. The van der Waals surface area contributed by atoms with Gasteiger partial charge in [-0.05, 0) is 31.6 Å². The van der Waals surface area contributed by atoms with Crippen LogP contribution >= 0.6 is 0 Å². The third-order valence-corrected chi connectivity index (χ3v) is 5.15. The Morgan fingerprint density at radius 3 is 2.29 bits per heavy atom. The van der Waals surface area contributed by atoms with Gasteiger partial charge in [0, 0.05) is 6.04 Å². The van der Waals surface area contributed by atoms with E-state index in [4.69, 9.17) is 0 Å². The van der Waals surface area contributed by atoms with Gasteiger partial charge in [0.2, 0.25) is 0 Å². The summed E-state index contributed by atoms with van der Waals surface area (Å²) in [5.74, 6) is -0.434. The van der Waals surface area contributed by atoms with E-state index in [2.05, 4.69) is 17.6 Å². The van der Waals surface area contributed by atoms with Gasteiger partial charge < -0.3 is 15.7 Å². The average molecular weight is 296 g/mol. The zero-order valence-corrected chi connectivity index (χ0v) is 13.0. The second kappa shape index (κ2) is 7.14. The van der Waals surface area contributed by atoms with Gasteiger partial charge >= 0.3 is 12.0 Å². The molecule has 0 aliphatic heterocycles. The largest absolute Gasteiger partial charge is 0.480 e. The van der Waals surface area contributed by atoms with Crippen molar-refractivity contribution in [1.29, 1.82) is 0 Å². The highest BCUT2D eigenvalue weighted by molar-refractivity contribution is 5.86. The van der Waals surface area contributed by atoms with Crippen LogP contribution in [0.3, 0.4) is 0 Å². The molecule has 5 heteroatoms. The van der Waals surface area contributed by atoms with Crippen LogP contribution < -0.4 is 10.6 Å². The summed E-state index contributed by atoms with van der Waals surface area (Å²) in [6.07, 6.45) is 9.58. The fourth-order valence-electron chi connectivity index (χ4n) is 3.68. The molecule has 2 amide bonds. The van der Waals surface area contributed by atoms with Crippen molar-refractivity contribution in [3.63, 3.8) is 0 Å². The van der Waals surface area contributed by atoms with Crippen molar-refractivity contribution in [3.05, 3.63) is 0 Å². The lowest BCUT2D eigenvalue weighted by molar-refractivity contribution is -0.145. The highest BCUT2D eigenvalue weighted by Gasteiger charge is 2.41. The molecule has 5 nitrogen and oxygen atoms in total. The van der Waals surface area contributed by atoms with E-state index in [0.29, 0.717) is 18.8 Å². The predicted octanol–water partition coefficient (Wildman–Crippen LogP) is 3.04. The molecule has 0 aromatic rings. The van der Waals surface area contributed by atoms with E-state index < -0.39 is 11.5 Å². The lowest BCUT2D eigenvalue weighted by atomic mass is 9.82. The normalized spacial score (nSPS) is 29.2. The quantitative estimate of drug-likeness (QED) is 0.700. The number of carboxylic acids is 1. The molecule has 0 aromatic heterocycles. The molecule has 0 bridgehead atoms. The van der Waals surface area contributed by atoms with Crippen LogP contribution in [0, 0.1) is 5.92 Å². The lowest BCUT2D eigenvalue weighted by Gasteiger charge is -2.35. The lowest BCUT2D eigenvalue weighted by Crippen LogP contribution is -2.59. The molecule has 2 saturated carbocycles. The number of carboxylic acid groups (broad SMARTS) is 1. The average Bonchev–Trinajstić information content (AvgIpc) is 2.65. The Balaban J connectivity index is 1.94. The monoisotopic (exact) mass is 296 g/mol. The van der Waals surface area contributed by atoms with Crippen LogP contribution in [0.1, 0.15) is 71.1 Å². The molecule has 2 rings (SSSR count). The van der Waals surface area contributed by atoms with Crippen LogP contribution in [0.4, 0.5) is 4.79 Å². The van der Waals surface area contributed by atoms with Gasteiger partial charge in [-0.25, -0.2) is 9.59 Å². The van der Waals surface area contributed by atoms with Gasteiger partial charge in [-0.2, -0.15) is 0 Å². The number of hydrogen-bond acceptors (Lipinski definition) is 2.